The van der Waals surface area contributed by atoms with E-state index in [-0.39, 0.29) is 0 Å². The molecule has 0 spiro atoms. The fourth-order valence-electron chi connectivity index (χ4n) is 2.24. The number of aromatic nitrogens is 2. The number of hydrogen-bond acceptors (Lipinski definition) is 3. The largest absolute Gasteiger partial charge is 0.479 e. The Labute approximate surface area is 122 Å². The van der Waals surface area contributed by atoms with Gasteiger partial charge in [0.2, 0.25) is 0 Å². The molecule has 0 aliphatic carbocycles. The summed E-state index contributed by atoms with van der Waals surface area (Å²) in [6.45, 7) is 3.49. The maximum Gasteiger partial charge on any atom is 0.330 e. The molecular formula is C15H17N3O3. The van der Waals surface area contributed by atoms with Crippen molar-refractivity contribution in [3.05, 3.63) is 52.8 Å². The van der Waals surface area contributed by atoms with Crippen LogP contribution in [0.2, 0.25) is 0 Å². The van der Waals surface area contributed by atoms with Crippen molar-refractivity contribution >= 4 is 11.9 Å². The summed E-state index contributed by atoms with van der Waals surface area (Å²) in [5.74, 6) is -1.54. The van der Waals surface area contributed by atoms with Gasteiger partial charge in [-0.15, -0.1) is 0 Å². The normalized spacial score (nSPS) is 12.0. The van der Waals surface area contributed by atoms with E-state index in [9.17, 15) is 14.7 Å². The first-order chi connectivity index (χ1) is 9.91. The highest BCUT2D eigenvalue weighted by atomic mass is 16.4. The molecule has 1 aromatic heterocycles. The van der Waals surface area contributed by atoms with E-state index in [1.54, 1.807) is 55.9 Å². The molecule has 0 saturated carbocycles. The van der Waals surface area contributed by atoms with Crippen molar-refractivity contribution in [3.63, 3.8) is 0 Å². The monoisotopic (exact) mass is 287 g/mol. The highest BCUT2D eigenvalue weighted by molar-refractivity contribution is 5.98. The maximum absolute atomic E-state index is 12.4. The summed E-state index contributed by atoms with van der Waals surface area (Å²) in [5.41, 5.74) is 2.21. The van der Waals surface area contributed by atoms with Crippen molar-refractivity contribution in [3.8, 4) is 0 Å². The molecule has 0 aliphatic rings. The van der Waals surface area contributed by atoms with Crippen molar-refractivity contribution in [2.24, 2.45) is 7.05 Å². The van der Waals surface area contributed by atoms with E-state index < -0.39 is 17.9 Å². The van der Waals surface area contributed by atoms with Gasteiger partial charge >= 0.3 is 5.97 Å². The molecule has 6 heteroatoms. The summed E-state index contributed by atoms with van der Waals surface area (Å²) in [6.07, 6.45) is 0. The minimum Gasteiger partial charge on any atom is -0.479 e. The van der Waals surface area contributed by atoms with Crippen LogP contribution in [0, 0.1) is 13.8 Å². The smallest absolute Gasteiger partial charge is 0.330 e. The lowest BCUT2D eigenvalue weighted by Gasteiger charge is -2.15. The molecule has 0 aliphatic heterocycles. The van der Waals surface area contributed by atoms with Gasteiger partial charge < -0.3 is 10.4 Å². The molecule has 1 atom stereocenters. The number of nitrogens with one attached hydrogen (secondary N) is 1. The van der Waals surface area contributed by atoms with Crippen molar-refractivity contribution in [2.45, 2.75) is 19.9 Å². The zero-order chi connectivity index (χ0) is 15.6. The van der Waals surface area contributed by atoms with E-state index in [0.717, 1.165) is 0 Å². The number of aryl methyl sites for hydroxylation is 2. The van der Waals surface area contributed by atoms with Gasteiger partial charge in [0.05, 0.1) is 11.3 Å². The van der Waals surface area contributed by atoms with Gasteiger partial charge in [-0.25, -0.2) is 4.79 Å². The number of carbonyl (C=O) groups is 2. The molecule has 1 aromatic carbocycles. The number of rotatable bonds is 4. The van der Waals surface area contributed by atoms with E-state index in [2.05, 4.69) is 10.4 Å². The molecule has 0 radical (unpaired) electrons. The molecule has 6 nitrogen and oxygen atoms in total. The Balaban J connectivity index is 2.30. The molecule has 0 bridgehead atoms. The third-order valence-corrected chi connectivity index (χ3v) is 3.39. The van der Waals surface area contributed by atoms with Crippen LogP contribution >= 0.6 is 0 Å². The summed E-state index contributed by atoms with van der Waals surface area (Å²) < 4.78 is 1.60. The van der Waals surface area contributed by atoms with Crippen molar-refractivity contribution in [1.82, 2.24) is 15.1 Å². The van der Waals surface area contributed by atoms with E-state index in [4.69, 9.17) is 0 Å². The van der Waals surface area contributed by atoms with Crippen molar-refractivity contribution in [1.29, 1.82) is 0 Å². The Morgan fingerprint density at radius 1 is 1.24 bits per heavy atom. The van der Waals surface area contributed by atoms with Crippen LogP contribution in [0.1, 0.15) is 33.4 Å². The Hall–Kier alpha value is -2.63. The molecule has 1 heterocycles. The fourth-order valence-corrected chi connectivity index (χ4v) is 2.24. The minimum atomic E-state index is -1.10. The number of carbonyl (C=O) groups excluding carboxylic acids is 1. The molecule has 2 aromatic rings. The second-order valence-corrected chi connectivity index (χ2v) is 4.82. The van der Waals surface area contributed by atoms with Crippen LogP contribution in [-0.4, -0.2) is 26.8 Å². The third-order valence-electron chi connectivity index (χ3n) is 3.39. The molecule has 1 amide bonds. The maximum atomic E-state index is 12.4. The molecule has 2 N–H and O–H groups in total. The van der Waals surface area contributed by atoms with Gasteiger partial charge in [-0.05, 0) is 19.4 Å². The van der Waals surface area contributed by atoms with Gasteiger partial charge in [0.1, 0.15) is 0 Å². The molecule has 110 valence electrons. The van der Waals surface area contributed by atoms with E-state index in [1.165, 1.54) is 0 Å². The number of carboxylic acid groups (broad SMARTS) is 1. The number of hydrogen-bond donors (Lipinski definition) is 2. The van der Waals surface area contributed by atoms with Crippen LogP contribution in [0.3, 0.4) is 0 Å². The van der Waals surface area contributed by atoms with Crippen LogP contribution < -0.4 is 5.32 Å². The Morgan fingerprint density at radius 3 is 2.33 bits per heavy atom. The first-order valence-corrected chi connectivity index (χ1v) is 6.50. The van der Waals surface area contributed by atoms with Gasteiger partial charge in [-0.2, -0.15) is 5.10 Å². The first-order valence-electron chi connectivity index (χ1n) is 6.50. The van der Waals surface area contributed by atoms with E-state index in [1.807, 2.05) is 0 Å². The van der Waals surface area contributed by atoms with Crippen LogP contribution in [0.5, 0.6) is 0 Å². The van der Waals surface area contributed by atoms with Gasteiger partial charge in [0.15, 0.2) is 6.04 Å². The molecule has 2 rings (SSSR count). The second-order valence-electron chi connectivity index (χ2n) is 4.82. The average molecular weight is 287 g/mol. The number of nitrogens with zero attached hydrogens (tertiary/aromatic N) is 2. The summed E-state index contributed by atoms with van der Waals surface area (Å²) in [7, 11) is 1.74. The predicted octanol–water partition coefficient (Wildman–Crippen LogP) is 1.59. The molecule has 0 unspecified atom stereocenters. The quantitative estimate of drug-likeness (QED) is 0.894. The van der Waals surface area contributed by atoms with Crippen LogP contribution in [0.25, 0.3) is 0 Å². The van der Waals surface area contributed by atoms with Crippen LogP contribution in [0.15, 0.2) is 30.3 Å². The van der Waals surface area contributed by atoms with Gasteiger partial charge in [-0.1, -0.05) is 30.3 Å². The predicted molar refractivity (Wildman–Crippen MR) is 77.0 cm³/mol. The number of aliphatic carboxylic acids is 1. The highest BCUT2D eigenvalue weighted by Crippen LogP contribution is 2.16. The number of carboxylic acids is 1. The summed E-state index contributed by atoms with van der Waals surface area (Å²) >= 11 is 0. The molecular weight excluding hydrogens is 270 g/mol. The number of amides is 1. The Bertz CT molecular complexity index is 677. The summed E-state index contributed by atoms with van der Waals surface area (Å²) in [6, 6.07) is 7.51. The van der Waals surface area contributed by atoms with Crippen LogP contribution in [-0.2, 0) is 11.8 Å². The van der Waals surface area contributed by atoms with Gasteiger partial charge in [0.25, 0.3) is 5.91 Å². The zero-order valence-corrected chi connectivity index (χ0v) is 12.1. The fraction of sp³-hybridized carbons (Fsp3) is 0.267. The SMILES string of the molecule is Cc1nn(C)c(C)c1C(=O)N[C@@H](C(=O)O)c1ccccc1. The van der Waals surface area contributed by atoms with Crippen LogP contribution in [0.4, 0.5) is 0 Å². The van der Waals surface area contributed by atoms with E-state index >= 15 is 0 Å². The first kappa shape index (κ1) is 14.8. The minimum absolute atomic E-state index is 0.416. The third kappa shape index (κ3) is 2.94. The second kappa shape index (κ2) is 5.78. The summed E-state index contributed by atoms with van der Waals surface area (Å²) in [5, 5.41) is 16.0. The van der Waals surface area contributed by atoms with Crippen molar-refractivity contribution < 1.29 is 14.7 Å². The molecule has 21 heavy (non-hydrogen) atoms. The zero-order valence-electron chi connectivity index (χ0n) is 12.1. The lowest BCUT2D eigenvalue weighted by Crippen LogP contribution is -2.34. The lowest BCUT2D eigenvalue weighted by molar-refractivity contribution is -0.139. The van der Waals surface area contributed by atoms with E-state index in [0.29, 0.717) is 22.5 Å². The molecule has 0 fully saturated rings. The standard InChI is InChI=1S/C15H17N3O3/c1-9-12(10(2)18(3)17-9)14(19)16-13(15(20)21)11-7-5-4-6-8-11/h4-8,13H,1-3H3,(H,16,19)(H,20,21)/t13-/m1/s1. The van der Waals surface area contributed by atoms with Gasteiger partial charge in [0, 0.05) is 12.7 Å². The number of benzene rings is 1. The lowest BCUT2D eigenvalue weighted by atomic mass is 10.1. The average Bonchev–Trinajstić information content (AvgIpc) is 2.70. The Morgan fingerprint density at radius 2 is 1.86 bits per heavy atom. The van der Waals surface area contributed by atoms with Crippen molar-refractivity contribution in [2.75, 3.05) is 0 Å². The molecule has 0 saturated heterocycles. The highest BCUT2D eigenvalue weighted by Gasteiger charge is 2.25. The topological polar surface area (TPSA) is 84.2 Å². The Kier molecular flexibility index (Phi) is 4.07. The van der Waals surface area contributed by atoms with Gasteiger partial charge in [-0.3, -0.25) is 9.48 Å². The summed E-state index contributed by atoms with van der Waals surface area (Å²) in [4.78, 5) is 23.8.